The Morgan fingerprint density at radius 3 is 2.69 bits per heavy atom. The van der Waals surface area contributed by atoms with Crippen molar-refractivity contribution >= 4 is 22.5 Å². The highest BCUT2D eigenvalue weighted by Crippen LogP contribution is 2.21. The van der Waals surface area contributed by atoms with Crippen LogP contribution in [0.5, 0.6) is 0 Å². The van der Waals surface area contributed by atoms with Gasteiger partial charge >= 0.3 is 12.1 Å². The lowest BCUT2D eigenvalue weighted by atomic mass is 10.2. The van der Waals surface area contributed by atoms with Crippen LogP contribution in [0.25, 0.3) is 10.9 Å². The SMILES string of the molecule is O=C(Nc1ccc2cc[nH]c2c1)C(F)(F)F. The molecule has 16 heavy (non-hydrogen) atoms. The smallest absolute Gasteiger partial charge is 0.361 e. The lowest BCUT2D eigenvalue weighted by Crippen LogP contribution is -2.29. The number of carbonyl (C=O) groups excluding carboxylic acids is 1. The van der Waals surface area contributed by atoms with Crippen molar-refractivity contribution in [2.75, 3.05) is 5.32 Å². The van der Waals surface area contributed by atoms with Gasteiger partial charge in [-0.05, 0) is 23.6 Å². The molecule has 0 saturated heterocycles. The van der Waals surface area contributed by atoms with Gasteiger partial charge in [0.15, 0.2) is 0 Å². The van der Waals surface area contributed by atoms with Gasteiger partial charge in [-0.2, -0.15) is 13.2 Å². The van der Waals surface area contributed by atoms with Crippen LogP contribution in [0.4, 0.5) is 18.9 Å². The molecule has 0 radical (unpaired) electrons. The number of H-pyrrole nitrogens is 1. The molecule has 1 aromatic heterocycles. The Hall–Kier alpha value is -1.98. The number of amides is 1. The topological polar surface area (TPSA) is 44.9 Å². The monoisotopic (exact) mass is 228 g/mol. The molecule has 0 aliphatic heterocycles. The normalized spacial score (nSPS) is 11.7. The highest BCUT2D eigenvalue weighted by atomic mass is 19.4. The molecule has 0 atom stereocenters. The Kier molecular flexibility index (Phi) is 2.34. The fraction of sp³-hybridized carbons (Fsp3) is 0.100. The second-order valence-corrected chi connectivity index (χ2v) is 3.23. The van der Waals surface area contributed by atoms with Gasteiger partial charge in [0.25, 0.3) is 0 Å². The number of hydrogen-bond donors (Lipinski definition) is 2. The second kappa shape index (κ2) is 3.55. The fourth-order valence-electron chi connectivity index (χ4n) is 1.33. The third-order valence-corrected chi connectivity index (χ3v) is 2.07. The van der Waals surface area contributed by atoms with Gasteiger partial charge in [-0.25, -0.2) is 0 Å². The molecule has 2 rings (SSSR count). The van der Waals surface area contributed by atoms with E-state index in [9.17, 15) is 18.0 Å². The molecule has 3 nitrogen and oxygen atoms in total. The molecule has 0 unspecified atom stereocenters. The van der Waals surface area contributed by atoms with E-state index in [2.05, 4.69) is 4.98 Å². The number of aromatic nitrogens is 1. The van der Waals surface area contributed by atoms with Gasteiger partial charge in [-0.3, -0.25) is 4.79 Å². The second-order valence-electron chi connectivity index (χ2n) is 3.23. The Labute approximate surface area is 88.3 Å². The summed E-state index contributed by atoms with van der Waals surface area (Å²) in [6.45, 7) is 0. The summed E-state index contributed by atoms with van der Waals surface area (Å²) in [4.78, 5) is 13.5. The summed E-state index contributed by atoms with van der Waals surface area (Å²) in [5.41, 5.74) is 0.775. The molecule has 2 aromatic rings. The lowest BCUT2D eigenvalue weighted by molar-refractivity contribution is -0.167. The summed E-state index contributed by atoms with van der Waals surface area (Å²) in [5.74, 6) is -1.97. The van der Waals surface area contributed by atoms with Crippen molar-refractivity contribution in [2.24, 2.45) is 0 Å². The zero-order valence-corrected chi connectivity index (χ0v) is 7.93. The maximum atomic E-state index is 12.0. The summed E-state index contributed by atoms with van der Waals surface area (Å²) in [6, 6.07) is 6.27. The highest BCUT2D eigenvalue weighted by Gasteiger charge is 2.38. The summed E-state index contributed by atoms with van der Waals surface area (Å²) in [6.07, 6.45) is -3.20. The van der Waals surface area contributed by atoms with Crippen molar-refractivity contribution in [3.63, 3.8) is 0 Å². The summed E-state index contributed by atoms with van der Waals surface area (Å²) < 4.78 is 35.9. The summed E-state index contributed by atoms with van der Waals surface area (Å²) >= 11 is 0. The average molecular weight is 228 g/mol. The Morgan fingerprint density at radius 2 is 2.00 bits per heavy atom. The number of hydrogen-bond acceptors (Lipinski definition) is 1. The van der Waals surface area contributed by atoms with Crippen molar-refractivity contribution in [3.8, 4) is 0 Å². The van der Waals surface area contributed by atoms with E-state index in [1.54, 1.807) is 23.6 Å². The molecule has 0 aliphatic rings. The number of anilines is 1. The van der Waals surface area contributed by atoms with Crippen molar-refractivity contribution in [1.29, 1.82) is 0 Å². The first-order valence-electron chi connectivity index (χ1n) is 4.42. The first-order valence-corrected chi connectivity index (χ1v) is 4.42. The Bertz CT molecular complexity index is 530. The van der Waals surface area contributed by atoms with Crippen LogP contribution in [0.3, 0.4) is 0 Å². The largest absolute Gasteiger partial charge is 0.471 e. The number of rotatable bonds is 1. The van der Waals surface area contributed by atoms with Crippen molar-refractivity contribution in [2.45, 2.75) is 6.18 Å². The molecule has 0 saturated carbocycles. The minimum absolute atomic E-state index is 0.109. The minimum atomic E-state index is -4.87. The molecule has 6 heteroatoms. The maximum Gasteiger partial charge on any atom is 0.471 e. The molecule has 0 fully saturated rings. The molecule has 84 valence electrons. The molecular formula is C10H7F3N2O. The van der Waals surface area contributed by atoms with Gasteiger partial charge in [-0.1, -0.05) is 6.07 Å². The van der Waals surface area contributed by atoms with Crippen LogP contribution in [-0.4, -0.2) is 17.1 Å². The minimum Gasteiger partial charge on any atom is -0.361 e. The van der Waals surface area contributed by atoms with Crippen LogP contribution >= 0.6 is 0 Å². The maximum absolute atomic E-state index is 12.0. The number of aromatic amines is 1. The van der Waals surface area contributed by atoms with Crippen LogP contribution < -0.4 is 5.32 Å². The summed E-state index contributed by atoms with van der Waals surface area (Å²) in [7, 11) is 0. The van der Waals surface area contributed by atoms with E-state index in [1.165, 1.54) is 12.1 Å². The number of alkyl halides is 3. The molecule has 0 aliphatic carbocycles. The molecular weight excluding hydrogens is 221 g/mol. The predicted octanol–water partition coefficient (Wildman–Crippen LogP) is 2.67. The van der Waals surface area contributed by atoms with Crippen LogP contribution in [0, 0.1) is 0 Å². The van der Waals surface area contributed by atoms with Crippen LogP contribution in [0.2, 0.25) is 0 Å². The molecule has 0 bridgehead atoms. The van der Waals surface area contributed by atoms with E-state index in [0.717, 1.165) is 5.39 Å². The van der Waals surface area contributed by atoms with Crippen molar-refractivity contribution in [3.05, 3.63) is 30.5 Å². The third kappa shape index (κ3) is 2.00. The standard InChI is InChI=1S/C10H7F3N2O/c11-10(12,13)9(16)15-7-2-1-6-3-4-14-8(6)5-7/h1-5,14H,(H,15,16). The van der Waals surface area contributed by atoms with E-state index < -0.39 is 12.1 Å². The predicted molar refractivity (Wildman–Crippen MR) is 53.0 cm³/mol. The summed E-state index contributed by atoms with van der Waals surface area (Å²) in [5, 5.41) is 2.65. The van der Waals surface area contributed by atoms with Gasteiger partial charge in [0.05, 0.1) is 0 Å². The van der Waals surface area contributed by atoms with Gasteiger partial charge in [-0.15, -0.1) is 0 Å². The van der Waals surface area contributed by atoms with Crippen LogP contribution in [0.1, 0.15) is 0 Å². The quantitative estimate of drug-likeness (QED) is 0.774. The van der Waals surface area contributed by atoms with Crippen molar-refractivity contribution in [1.82, 2.24) is 4.98 Å². The number of benzene rings is 1. The molecule has 2 N–H and O–H groups in total. The lowest BCUT2D eigenvalue weighted by Gasteiger charge is -2.07. The average Bonchev–Trinajstić information content (AvgIpc) is 2.63. The Balaban J connectivity index is 2.24. The first-order chi connectivity index (χ1) is 7.47. The van der Waals surface area contributed by atoms with Crippen LogP contribution in [0.15, 0.2) is 30.5 Å². The zero-order chi connectivity index (χ0) is 11.8. The van der Waals surface area contributed by atoms with E-state index in [4.69, 9.17) is 0 Å². The van der Waals surface area contributed by atoms with Gasteiger partial charge in [0.2, 0.25) is 0 Å². The van der Waals surface area contributed by atoms with E-state index >= 15 is 0 Å². The molecule has 1 amide bonds. The molecule has 1 aromatic carbocycles. The molecule has 1 heterocycles. The zero-order valence-electron chi connectivity index (χ0n) is 7.93. The number of fused-ring (bicyclic) bond motifs is 1. The first kappa shape index (κ1) is 10.5. The van der Waals surface area contributed by atoms with Crippen molar-refractivity contribution < 1.29 is 18.0 Å². The van der Waals surface area contributed by atoms with Gasteiger partial charge in [0, 0.05) is 17.4 Å². The highest BCUT2D eigenvalue weighted by molar-refractivity contribution is 5.96. The number of carbonyl (C=O) groups is 1. The number of halogens is 3. The van der Waals surface area contributed by atoms with Crippen LogP contribution in [-0.2, 0) is 4.79 Å². The third-order valence-electron chi connectivity index (χ3n) is 2.07. The van der Waals surface area contributed by atoms with Gasteiger partial charge in [0.1, 0.15) is 0 Å². The number of nitrogens with one attached hydrogen (secondary N) is 2. The fourth-order valence-corrected chi connectivity index (χ4v) is 1.33. The van der Waals surface area contributed by atoms with E-state index in [1.807, 2.05) is 0 Å². The molecule has 0 spiro atoms. The Morgan fingerprint density at radius 1 is 1.25 bits per heavy atom. The van der Waals surface area contributed by atoms with E-state index in [-0.39, 0.29) is 5.69 Å². The van der Waals surface area contributed by atoms with E-state index in [0.29, 0.717) is 5.52 Å². The van der Waals surface area contributed by atoms with Gasteiger partial charge < -0.3 is 10.3 Å².